The molecule has 2 heteroatoms. The average molecular weight is 488 g/mol. The van der Waals surface area contributed by atoms with Gasteiger partial charge in [0.05, 0.1) is 0 Å². The van der Waals surface area contributed by atoms with Crippen molar-refractivity contribution in [2.75, 3.05) is 0 Å². The zero-order chi connectivity index (χ0) is 24.3. The molecule has 2 aromatic heterocycles. The van der Waals surface area contributed by atoms with Gasteiger partial charge in [0, 0.05) is 49.1 Å². The van der Waals surface area contributed by atoms with E-state index in [1.165, 1.54) is 74.7 Å². The standard InChI is InChI=1S/C35H21NS/c1-2-9-23-20-24(17-16-22(23)8-1)33-26-11-3-4-12-27(26)34(31-21-36-19-18-28(31)33)30-14-7-13-29-25-10-5-6-15-32(25)37-35(29)30/h1-21H. The lowest BCUT2D eigenvalue weighted by molar-refractivity contribution is 1.37. The number of hydrogen-bond donors (Lipinski definition) is 0. The second-order valence-corrected chi connectivity index (χ2v) is 10.6. The van der Waals surface area contributed by atoms with Gasteiger partial charge >= 0.3 is 0 Å². The average Bonchev–Trinajstić information content (AvgIpc) is 3.35. The number of nitrogens with zero attached hydrogens (tertiary/aromatic N) is 1. The molecule has 8 aromatic rings. The van der Waals surface area contributed by atoms with Crippen LogP contribution in [0.5, 0.6) is 0 Å². The Morgan fingerprint density at radius 1 is 0.486 bits per heavy atom. The van der Waals surface area contributed by atoms with E-state index in [1.54, 1.807) is 0 Å². The molecule has 2 heterocycles. The smallest absolute Gasteiger partial charge is 0.0434 e. The van der Waals surface area contributed by atoms with Crippen molar-refractivity contribution < 1.29 is 0 Å². The van der Waals surface area contributed by atoms with Gasteiger partial charge in [-0.25, -0.2) is 0 Å². The van der Waals surface area contributed by atoms with Gasteiger partial charge in [0.25, 0.3) is 0 Å². The van der Waals surface area contributed by atoms with Crippen molar-refractivity contribution in [3.63, 3.8) is 0 Å². The number of benzene rings is 6. The zero-order valence-electron chi connectivity index (χ0n) is 20.0. The molecule has 0 saturated carbocycles. The number of hydrogen-bond acceptors (Lipinski definition) is 2. The molecule has 0 bridgehead atoms. The Morgan fingerprint density at radius 3 is 2.08 bits per heavy atom. The monoisotopic (exact) mass is 487 g/mol. The maximum absolute atomic E-state index is 4.62. The Morgan fingerprint density at radius 2 is 1.19 bits per heavy atom. The van der Waals surface area contributed by atoms with E-state index in [0.717, 1.165) is 0 Å². The second-order valence-electron chi connectivity index (χ2n) is 9.56. The molecule has 0 aliphatic rings. The third-order valence-corrected chi connectivity index (χ3v) is 8.76. The van der Waals surface area contributed by atoms with E-state index >= 15 is 0 Å². The van der Waals surface area contributed by atoms with Gasteiger partial charge in [0.2, 0.25) is 0 Å². The zero-order valence-corrected chi connectivity index (χ0v) is 20.8. The Bertz CT molecular complexity index is 2090. The highest BCUT2D eigenvalue weighted by Crippen LogP contribution is 2.47. The van der Waals surface area contributed by atoms with E-state index in [1.807, 2.05) is 23.7 Å². The minimum Gasteiger partial charge on any atom is -0.264 e. The molecule has 0 aliphatic heterocycles. The van der Waals surface area contributed by atoms with Gasteiger partial charge in [0.1, 0.15) is 0 Å². The lowest BCUT2D eigenvalue weighted by Crippen LogP contribution is -1.91. The Labute approximate surface area is 218 Å². The highest BCUT2D eigenvalue weighted by atomic mass is 32.1. The van der Waals surface area contributed by atoms with E-state index in [4.69, 9.17) is 0 Å². The van der Waals surface area contributed by atoms with Crippen molar-refractivity contribution in [3.05, 3.63) is 128 Å². The first-order valence-electron chi connectivity index (χ1n) is 12.5. The summed E-state index contributed by atoms with van der Waals surface area (Å²) in [6.07, 6.45) is 3.97. The van der Waals surface area contributed by atoms with Crippen molar-refractivity contribution >= 4 is 63.8 Å². The lowest BCUT2D eigenvalue weighted by Gasteiger charge is -2.18. The van der Waals surface area contributed by atoms with Gasteiger partial charge in [-0.3, -0.25) is 4.98 Å². The predicted octanol–water partition coefficient (Wildman–Crippen LogP) is 10.2. The van der Waals surface area contributed by atoms with Gasteiger partial charge in [0.15, 0.2) is 0 Å². The minimum atomic E-state index is 1.19. The molecule has 0 saturated heterocycles. The van der Waals surface area contributed by atoms with Gasteiger partial charge in [-0.05, 0) is 56.3 Å². The molecular weight excluding hydrogens is 466 g/mol. The summed E-state index contributed by atoms with van der Waals surface area (Å²) < 4.78 is 2.65. The third-order valence-electron chi connectivity index (χ3n) is 7.54. The van der Waals surface area contributed by atoms with Gasteiger partial charge in [-0.15, -0.1) is 11.3 Å². The highest BCUT2D eigenvalue weighted by Gasteiger charge is 2.19. The van der Waals surface area contributed by atoms with E-state index < -0.39 is 0 Å². The lowest BCUT2D eigenvalue weighted by atomic mass is 9.86. The summed E-state index contributed by atoms with van der Waals surface area (Å²) in [5.74, 6) is 0. The Balaban J connectivity index is 1.53. The predicted molar refractivity (Wildman–Crippen MR) is 161 cm³/mol. The minimum absolute atomic E-state index is 1.19. The van der Waals surface area contributed by atoms with Gasteiger partial charge in [-0.2, -0.15) is 0 Å². The van der Waals surface area contributed by atoms with Crippen molar-refractivity contribution in [1.82, 2.24) is 4.98 Å². The Kier molecular flexibility index (Phi) is 4.46. The number of rotatable bonds is 2. The molecule has 0 N–H and O–H groups in total. The number of aromatic nitrogens is 1. The van der Waals surface area contributed by atoms with Crippen LogP contribution in [0, 0.1) is 0 Å². The molecule has 0 amide bonds. The topological polar surface area (TPSA) is 12.9 Å². The SMILES string of the molecule is c1ccc2cc(-c3c4ccccc4c(-c4cccc5c4sc4ccccc45)c4cnccc34)ccc2c1. The normalized spacial score (nSPS) is 11.8. The molecule has 0 aliphatic carbocycles. The molecule has 0 radical (unpaired) electrons. The van der Waals surface area contributed by atoms with Crippen molar-refractivity contribution in [2.24, 2.45) is 0 Å². The molecule has 37 heavy (non-hydrogen) atoms. The van der Waals surface area contributed by atoms with Gasteiger partial charge in [-0.1, -0.05) is 97.1 Å². The molecule has 0 unspecified atom stereocenters. The van der Waals surface area contributed by atoms with Gasteiger partial charge < -0.3 is 0 Å². The van der Waals surface area contributed by atoms with E-state index in [9.17, 15) is 0 Å². The van der Waals surface area contributed by atoms with Crippen LogP contribution in [0.25, 0.3) is 74.7 Å². The van der Waals surface area contributed by atoms with Crippen LogP contribution in [0.1, 0.15) is 0 Å². The summed E-state index contributed by atoms with van der Waals surface area (Å²) >= 11 is 1.88. The number of fused-ring (bicyclic) bond motifs is 6. The first-order valence-corrected chi connectivity index (χ1v) is 13.4. The largest absolute Gasteiger partial charge is 0.264 e. The molecule has 1 nitrogen and oxygen atoms in total. The number of pyridine rings is 1. The molecule has 6 aromatic carbocycles. The molecule has 8 rings (SSSR count). The molecule has 172 valence electrons. The van der Waals surface area contributed by atoms with Crippen LogP contribution in [0.15, 0.2) is 128 Å². The molecular formula is C35H21NS. The summed E-state index contributed by atoms with van der Waals surface area (Å²) in [4.78, 5) is 4.62. The summed E-state index contributed by atoms with van der Waals surface area (Å²) in [6, 6.07) is 41.9. The van der Waals surface area contributed by atoms with Crippen LogP contribution in [0.3, 0.4) is 0 Å². The van der Waals surface area contributed by atoms with Crippen molar-refractivity contribution in [1.29, 1.82) is 0 Å². The fourth-order valence-corrected chi connectivity index (χ4v) is 7.13. The maximum atomic E-state index is 4.62. The Hall–Kier alpha value is -4.53. The van der Waals surface area contributed by atoms with Crippen LogP contribution in [0.2, 0.25) is 0 Å². The molecule has 0 atom stereocenters. The summed E-state index contributed by atoms with van der Waals surface area (Å²) in [6.45, 7) is 0. The van der Waals surface area contributed by atoms with Crippen LogP contribution < -0.4 is 0 Å². The summed E-state index contributed by atoms with van der Waals surface area (Å²) in [5.41, 5.74) is 5.04. The second kappa shape index (κ2) is 7.99. The fraction of sp³-hybridized carbons (Fsp3) is 0. The van der Waals surface area contributed by atoms with Crippen LogP contribution in [0.4, 0.5) is 0 Å². The van der Waals surface area contributed by atoms with Crippen LogP contribution in [-0.2, 0) is 0 Å². The van der Waals surface area contributed by atoms with Crippen molar-refractivity contribution in [3.8, 4) is 22.3 Å². The number of thiophene rings is 1. The summed E-state index contributed by atoms with van der Waals surface area (Å²) in [7, 11) is 0. The van der Waals surface area contributed by atoms with E-state index in [-0.39, 0.29) is 0 Å². The first kappa shape index (κ1) is 20.6. The highest BCUT2D eigenvalue weighted by molar-refractivity contribution is 7.26. The van der Waals surface area contributed by atoms with Crippen molar-refractivity contribution in [2.45, 2.75) is 0 Å². The molecule has 0 fully saturated rings. The first-order chi connectivity index (χ1) is 18.4. The quantitative estimate of drug-likeness (QED) is 0.221. The maximum Gasteiger partial charge on any atom is 0.0434 e. The van der Waals surface area contributed by atoms with E-state index in [0.29, 0.717) is 0 Å². The third kappa shape index (κ3) is 3.06. The fourth-order valence-electron chi connectivity index (χ4n) is 5.91. The van der Waals surface area contributed by atoms with Crippen LogP contribution >= 0.6 is 11.3 Å². The summed E-state index contributed by atoms with van der Waals surface area (Å²) in [5, 5.41) is 10.1. The van der Waals surface area contributed by atoms with E-state index in [2.05, 4.69) is 120 Å². The van der Waals surface area contributed by atoms with Crippen LogP contribution in [-0.4, -0.2) is 4.98 Å². The molecule has 0 spiro atoms.